The van der Waals surface area contributed by atoms with Gasteiger partial charge in [0.05, 0.1) is 11.3 Å². The summed E-state index contributed by atoms with van der Waals surface area (Å²) >= 11 is 9.23. The fraction of sp³-hybridized carbons (Fsp3) is 0.263. The van der Waals surface area contributed by atoms with Crippen LogP contribution in [0.1, 0.15) is 16.1 Å². The van der Waals surface area contributed by atoms with Crippen LogP contribution in [0.3, 0.4) is 0 Å². The maximum atomic E-state index is 12.3. The predicted molar refractivity (Wildman–Crippen MR) is 109 cm³/mol. The number of benzene rings is 1. The number of thioether (sulfide) groups is 1. The van der Waals surface area contributed by atoms with E-state index in [1.165, 1.54) is 27.1 Å². The van der Waals surface area contributed by atoms with Gasteiger partial charge in [-0.3, -0.25) is 9.69 Å². The molecule has 0 atom stereocenters. The van der Waals surface area contributed by atoms with E-state index in [0.29, 0.717) is 11.7 Å². The second-order valence-corrected chi connectivity index (χ2v) is 8.63. The van der Waals surface area contributed by atoms with Crippen molar-refractivity contribution in [2.24, 2.45) is 0 Å². The molecule has 2 aromatic heterocycles. The number of halogens is 1. The van der Waals surface area contributed by atoms with Crippen LogP contribution in [0.25, 0.3) is 10.4 Å². The first-order valence-corrected chi connectivity index (χ1v) is 10.8. The number of aromatic nitrogens is 2. The molecule has 4 nitrogen and oxygen atoms in total. The van der Waals surface area contributed by atoms with Gasteiger partial charge in [-0.1, -0.05) is 35.5 Å². The maximum Gasteiger partial charge on any atom is 0.256 e. The van der Waals surface area contributed by atoms with E-state index in [-0.39, 0.29) is 5.56 Å². The summed E-state index contributed by atoms with van der Waals surface area (Å²) in [6.07, 6.45) is 2.75. The number of fused-ring (bicyclic) bond motifs is 1. The molecule has 0 saturated carbocycles. The van der Waals surface area contributed by atoms with E-state index in [2.05, 4.69) is 27.0 Å². The first-order chi connectivity index (χ1) is 12.6. The number of hydrogen-bond donors (Lipinski definition) is 1. The molecule has 0 radical (unpaired) electrons. The molecule has 3 aromatic rings. The average molecular weight is 404 g/mol. The molecule has 0 fully saturated rings. The molecule has 0 aliphatic carbocycles. The second kappa shape index (κ2) is 7.56. The van der Waals surface area contributed by atoms with Crippen LogP contribution in [-0.2, 0) is 19.5 Å². The smallest absolute Gasteiger partial charge is 0.256 e. The van der Waals surface area contributed by atoms with Gasteiger partial charge in [0.15, 0.2) is 5.16 Å². The molecule has 1 N–H and O–H groups in total. The summed E-state index contributed by atoms with van der Waals surface area (Å²) in [5.41, 5.74) is 2.93. The van der Waals surface area contributed by atoms with Crippen LogP contribution in [0.2, 0.25) is 5.02 Å². The molecular formula is C19H18ClN3OS2. The number of hydrogen-bond acceptors (Lipinski definition) is 5. The van der Waals surface area contributed by atoms with E-state index in [9.17, 15) is 4.79 Å². The zero-order valence-corrected chi connectivity index (χ0v) is 16.7. The Labute approximate surface area is 165 Å². The fourth-order valence-electron chi connectivity index (χ4n) is 3.14. The van der Waals surface area contributed by atoms with Crippen molar-refractivity contribution in [3.63, 3.8) is 0 Å². The number of aromatic amines is 1. The Morgan fingerprint density at radius 3 is 2.85 bits per heavy atom. The highest BCUT2D eigenvalue weighted by Crippen LogP contribution is 2.30. The van der Waals surface area contributed by atoms with Crippen molar-refractivity contribution in [3.8, 4) is 10.4 Å². The average Bonchev–Trinajstić information content (AvgIpc) is 3.11. The Morgan fingerprint density at radius 1 is 1.27 bits per heavy atom. The third-order valence-electron chi connectivity index (χ3n) is 4.49. The summed E-state index contributed by atoms with van der Waals surface area (Å²) in [5, 5.41) is 1.45. The van der Waals surface area contributed by atoms with Crippen molar-refractivity contribution in [3.05, 3.63) is 67.9 Å². The minimum atomic E-state index is -0.00270. The van der Waals surface area contributed by atoms with Gasteiger partial charge in [0.25, 0.3) is 5.56 Å². The Bertz CT molecular complexity index is 981. The number of rotatable bonds is 4. The van der Waals surface area contributed by atoms with Gasteiger partial charge in [-0.2, -0.15) is 0 Å². The van der Waals surface area contributed by atoms with Gasteiger partial charge in [0, 0.05) is 40.8 Å². The zero-order chi connectivity index (χ0) is 18.1. The SMILES string of the molecule is CSc1nc2c(c(=O)[nH]1)CN(Cc1ccc(-c3ccc(Cl)cc3)s1)CC2. The molecule has 0 saturated heterocycles. The van der Waals surface area contributed by atoms with Crippen molar-refractivity contribution >= 4 is 34.7 Å². The Hall–Kier alpha value is -1.60. The van der Waals surface area contributed by atoms with Crippen LogP contribution in [-0.4, -0.2) is 27.7 Å². The Balaban J connectivity index is 1.49. The molecule has 26 heavy (non-hydrogen) atoms. The number of thiophene rings is 1. The molecular weight excluding hydrogens is 386 g/mol. The highest BCUT2D eigenvalue weighted by molar-refractivity contribution is 7.98. The minimum absolute atomic E-state index is 0.00270. The quantitative estimate of drug-likeness (QED) is 0.517. The number of H-pyrrole nitrogens is 1. The predicted octanol–water partition coefficient (Wildman–Crippen LogP) is 4.43. The van der Waals surface area contributed by atoms with Crippen molar-refractivity contribution in [1.29, 1.82) is 0 Å². The molecule has 0 spiro atoms. The zero-order valence-electron chi connectivity index (χ0n) is 14.3. The molecule has 0 unspecified atom stereocenters. The van der Waals surface area contributed by atoms with Crippen LogP contribution < -0.4 is 5.56 Å². The van der Waals surface area contributed by atoms with Crippen LogP contribution in [0.15, 0.2) is 46.3 Å². The number of nitrogens with zero attached hydrogens (tertiary/aromatic N) is 2. The summed E-state index contributed by atoms with van der Waals surface area (Å²) in [7, 11) is 0. The molecule has 4 rings (SSSR count). The standard InChI is InChI=1S/C19H18ClN3OS2/c1-25-19-21-16-8-9-23(11-15(16)18(24)22-19)10-14-6-7-17(26-14)12-2-4-13(20)5-3-12/h2-7H,8-11H2,1H3,(H,21,22,24). The van der Waals surface area contributed by atoms with Crippen LogP contribution in [0, 0.1) is 0 Å². The summed E-state index contributed by atoms with van der Waals surface area (Å²) in [6.45, 7) is 2.42. The minimum Gasteiger partial charge on any atom is -0.301 e. The molecule has 0 bridgehead atoms. The lowest BCUT2D eigenvalue weighted by Gasteiger charge is -2.27. The van der Waals surface area contributed by atoms with Crippen molar-refractivity contribution in [1.82, 2.24) is 14.9 Å². The summed E-state index contributed by atoms with van der Waals surface area (Å²) in [6, 6.07) is 12.2. The van der Waals surface area contributed by atoms with Crippen LogP contribution in [0.5, 0.6) is 0 Å². The summed E-state index contributed by atoms with van der Waals surface area (Å²) in [5.74, 6) is 0. The van der Waals surface area contributed by atoms with E-state index in [4.69, 9.17) is 11.6 Å². The molecule has 1 aliphatic heterocycles. The Morgan fingerprint density at radius 2 is 2.08 bits per heavy atom. The van der Waals surface area contributed by atoms with Crippen LogP contribution in [0.4, 0.5) is 0 Å². The third-order valence-corrected chi connectivity index (χ3v) is 6.44. The van der Waals surface area contributed by atoms with E-state index in [1.54, 1.807) is 11.3 Å². The largest absolute Gasteiger partial charge is 0.301 e. The van der Waals surface area contributed by atoms with Gasteiger partial charge in [0.2, 0.25) is 0 Å². The lowest BCUT2D eigenvalue weighted by atomic mass is 10.1. The molecule has 7 heteroatoms. The van der Waals surface area contributed by atoms with Gasteiger partial charge in [0.1, 0.15) is 0 Å². The van der Waals surface area contributed by atoms with Gasteiger partial charge < -0.3 is 4.98 Å². The monoisotopic (exact) mass is 403 g/mol. The lowest BCUT2D eigenvalue weighted by molar-refractivity contribution is 0.243. The van der Waals surface area contributed by atoms with Gasteiger partial charge >= 0.3 is 0 Å². The number of nitrogens with one attached hydrogen (secondary N) is 1. The first-order valence-electron chi connectivity index (χ1n) is 8.35. The van der Waals surface area contributed by atoms with Crippen molar-refractivity contribution in [2.75, 3.05) is 12.8 Å². The van der Waals surface area contributed by atoms with E-state index < -0.39 is 0 Å². The first kappa shape index (κ1) is 17.8. The third kappa shape index (κ3) is 3.74. The normalized spacial score (nSPS) is 14.4. The van der Waals surface area contributed by atoms with Crippen molar-refractivity contribution < 1.29 is 0 Å². The molecule has 1 aliphatic rings. The molecule has 1 aromatic carbocycles. The van der Waals surface area contributed by atoms with Crippen molar-refractivity contribution in [2.45, 2.75) is 24.7 Å². The van der Waals surface area contributed by atoms with Gasteiger partial charge in [-0.15, -0.1) is 11.3 Å². The topological polar surface area (TPSA) is 49.0 Å². The van der Waals surface area contributed by atoms with E-state index in [1.807, 2.05) is 30.5 Å². The molecule has 3 heterocycles. The highest BCUT2D eigenvalue weighted by Gasteiger charge is 2.21. The van der Waals surface area contributed by atoms with Gasteiger partial charge in [-0.05, 0) is 36.1 Å². The van der Waals surface area contributed by atoms with Gasteiger partial charge in [-0.25, -0.2) is 4.98 Å². The van der Waals surface area contributed by atoms with E-state index >= 15 is 0 Å². The molecule has 0 amide bonds. The lowest BCUT2D eigenvalue weighted by Crippen LogP contribution is -2.35. The molecule has 134 valence electrons. The van der Waals surface area contributed by atoms with E-state index in [0.717, 1.165) is 35.8 Å². The second-order valence-electron chi connectivity index (χ2n) is 6.23. The highest BCUT2D eigenvalue weighted by atomic mass is 35.5. The fourth-order valence-corrected chi connectivity index (χ4v) is 4.72. The Kier molecular flexibility index (Phi) is 5.18. The summed E-state index contributed by atoms with van der Waals surface area (Å²) in [4.78, 5) is 24.6. The van der Waals surface area contributed by atoms with Crippen LogP contribution >= 0.6 is 34.7 Å². The maximum absolute atomic E-state index is 12.3. The summed E-state index contributed by atoms with van der Waals surface area (Å²) < 4.78 is 0.